The first-order valence-corrected chi connectivity index (χ1v) is 15.2. The van der Waals surface area contributed by atoms with Crippen molar-refractivity contribution in [3.8, 4) is 5.75 Å². The van der Waals surface area contributed by atoms with Gasteiger partial charge in [-0.25, -0.2) is 9.78 Å². The van der Waals surface area contributed by atoms with Gasteiger partial charge in [0.1, 0.15) is 17.3 Å². The lowest BCUT2D eigenvalue weighted by Gasteiger charge is -2.34. The van der Waals surface area contributed by atoms with E-state index in [4.69, 9.17) is 21.0 Å². The average Bonchev–Trinajstić information content (AvgIpc) is 3.68. The van der Waals surface area contributed by atoms with E-state index >= 15 is 0 Å². The van der Waals surface area contributed by atoms with Crippen LogP contribution in [0.25, 0.3) is 6.08 Å². The fourth-order valence-electron chi connectivity index (χ4n) is 5.12. The van der Waals surface area contributed by atoms with E-state index in [1.807, 2.05) is 6.07 Å². The highest BCUT2D eigenvalue weighted by molar-refractivity contribution is 7.13. The molecule has 15 heteroatoms. The second-order valence-electron chi connectivity index (χ2n) is 11.8. The number of thiazole rings is 1. The molecule has 3 aliphatic rings. The van der Waals surface area contributed by atoms with Crippen LogP contribution in [0, 0.1) is 10.8 Å². The van der Waals surface area contributed by atoms with Gasteiger partial charge in [0, 0.05) is 46.6 Å². The second kappa shape index (κ2) is 12.3. The molecule has 14 nitrogen and oxygen atoms in total. The number of nitrogens with two attached hydrogens (primary N) is 2. The molecule has 2 saturated heterocycles. The van der Waals surface area contributed by atoms with E-state index in [-0.39, 0.29) is 23.1 Å². The summed E-state index contributed by atoms with van der Waals surface area (Å²) in [5.74, 6) is -0.603. The minimum atomic E-state index is -2.04. The van der Waals surface area contributed by atoms with Crippen molar-refractivity contribution in [1.82, 2.24) is 15.6 Å². The van der Waals surface area contributed by atoms with Gasteiger partial charge in [-0.15, -0.1) is 11.3 Å². The predicted molar refractivity (Wildman–Crippen MR) is 166 cm³/mol. The van der Waals surface area contributed by atoms with Gasteiger partial charge in [-0.3, -0.25) is 9.79 Å². The quantitative estimate of drug-likeness (QED) is 0.105. The zero-order valence-electron chi connectivity index (χ0n) is 24.8. The lowest BCUT2D eigenvalue weighted by atomic mass is 9.86. The number of carboxylic acid groups (broad SMARTS) is 1. The largest absolute Gasteiger partial charge is 0.481 e. The molecule has 4 atom stereocenters. The van der Waals surface area contributed by atoms with Crippen LogP contribution in [0.5, 0.6) is 5.75 Å². The molecular weight excluding hydrogens is 588 g/mol. The Hall–Kier alpha value is -4.37. The maximum absolute atomic E-state index is 13.3. The van der Waals surface area contributed by atoms with Crippen molar-refractivity contribution in [2.45, 2.75) is 56.9 Å². The summed E-state index contributed by atoms with van der Waals surface area (Å²) in [6, 6.07) is 4.83. The van der Waals surface area contributed by atoms with Crippen LogP contribution >= 0.6 is 11.3 Å². The molecule has 0 radical (unpaired) electrons. The fourth-order valence-corrected chi connectivity index (χ4v) is 5.66. The number of nitrogen functional groups attached to an aromatic ring is 1. The summed E-state index contributed by atoms with van der Waals surface area (Å²) in [6.45, 7) is 7.49. The molecule has 1 unspecified atom stereocenters. The van der Waals surface area contributed by atoms with Gasteiger partial charge in [0.05, 0.1) is 0 Å². The number of oxime groups is 1. The number of aliphatic carboxylic acids is 1. The first kappa shape index (κ1) is 31.1. The lowest BCUT2D eigenvalue weighted by molar-refractivity contribution is -0.687. The molecule has 234 valence electrons. The average molecular weight is 626 g/mol. The maximum atomic E-state index is 13.3. The number of ether oxygens (including phenoxy) is 1. The van der Waals surface area contributed by atoms with Gasteiger partial charge in [0.2, 0.25) is 12.1 Å². The van der Waals surface area contributed by atoms with Crippen LogP contribution in [-0.2, 0) is 14.4 Å². The molecule has 0 aliphatic carbocycles. The molecule has 2 fully saturated rings. The van der Waals surface area contributed by atoms with Crippen LogP contribution in [0.3, 0.4) is 0 Å². The third-order valence-electron chi connectivity index (χ3n) is 8.42. The Balaban J connectivity index is 1.32. The number of nitrogens with zero attached hydrogens (tertiary/aromatic N) is 4. The number of anilines is 1. The number of rotatable bonds is 11. The Labute approximate surface area is 258 Å². The third kappa shape index (κ3) is 6.28. The van der Waals surface area contributed by atoms with Gasteiger partial charge in [-0.2, -0.15) is 0 Å². The summed E-state index contributed by atoms with van der Waals surface area (Å²) in [7, 11) is 0. The highest BCUT2D eigenvalue weighted by atomic mass is 32.1. The molecule has 4 heterocycles. The lowest BCUT2D eigenvalue weighted by Crippen LogP contribution is -2.68. The molecule has 1 aromatic heterocycles. The zero-order valence-corrected chi connectivity index (χ0v) is 25.6. The number of nitroso groups, excluding NO2 is 1. The van der Waals surface area contributed by atoms with E-state index < -0.39 is 35.2 Å². The van der Waals surface area contributed by atoms with Crippen molar-refractivity contribution < 1.29 is 29.0 Å². The molecule has 5 rings (SSSR count). The Morgan fingerprint density at radius 2 is 2.18 bits per heavy atom. The van der Waals surface area contributed by atoms with Crippen LogP contribution in [-0.4, -0.2) is 87.7 Å². The van der Waals surface area contributed by atoms with Crippen molar-refractivity contribution in [3.05, 3.63) is 51.4 Å². The first-order chi connectivity index (χ1) is 20.9. The van der Waals surface area contributed by atoms with Crippen LogP contribution in [0.1, 0.15) is 50.4 Å². The number of hydrogen-bond donors (Lipinski definition) is 5. The fraction of sp³-hybridized carbons (Fsp3) is 0.483. The van der Waals surface area contributed by atoms with Crippen LogP contribution in [0.15, 0.2) is 39.8 Å². The predicted octanol–water partition coefficient (Wildman–Crippen LogP) is 1.52. The van der Waals surface area contributed by atoms with Crippen LogP contribution < -0.4 is 26.8 Å². The zero-order chi connectivity index (χ0) is 31.6. The van der Waals surface area contributed by atoms with Gasteiger partial charge < -0.3 is 36.8 Å². The number of amides is 1. The molecule has 0 spiro atoms. The molecule has 2 aromatic rings. The maximum Gasteiger partial charge on any atom is 0.355 e. The van der Waals surface area contributed by atoms with Crippen molar-refractivity contribution in [2.75, 3.05) is 31.9 Å². The molecule has 44 heavy (non-hydrogen) atoms. The number of carbonyl (C=O) groups excluding carboxylic acids is 1. The number of aromatic nitrogens is 1. The molecular formula is C29H37N8O6S+. The van der Waals surface area contributed by atoms with Crippen molar-refractivity contribution in [2.24, 2.45) is 21.8 Å². The molecule has 3 aliphatic heterocycles. The van der Waals surface area contributed by atoms with Crippen molar-refractivity contribution >= 4 is 46.0 Å². The van der Waals surface area contributed by atoms with Crippen molar-refractivity contribution in [1.29, 1.82) is 0 Å². The summed E-state index contributed by atoms with van der Waals surface area (Å²) in [6.07, 6.45) is 4.28. The number of aliphatic imine (C=N–C) groups is 1. The minimum Gasteiger partial charge on any atom is -0.481 e. The van der Waals surface area contributed by atoms with E-state index in [1.54, 1.807) is 38.1 Å². The molecule has 7 N–H and O–H groups in total. The van der Waals surface area contributed by atoms with Gasteiger partial charge in [0.15, 0.2) is 23.0 Å². The van der Waals surface area contributed by atoms with E-state index in [0.717, 1.165) is 47.6 Å². The van der Waals surface area contributed by atoms with Gasteiger partial charge in [-0.1, -0.05) is 11.2 Å². The monoisotopic (exact) mass is 625 g/mol. The Kier molecular flexibility index (Phi) is 8.70. The van der Waals surface area contributed by atoms with Gasteiger partial charge in [-0.05, 0) is 63.0 Å². The first-order valence-electron chi connectivity index (χ1n) is 14.3. The number of fused-ring (bicyclic) bond motifs is 1. The summed E-state index contributed by atoms with van der Waals surface area (Å²) < 4.78 is 6.91. The summed E-state index contributed by atoms with van der Waals surface area (Å²) in [5, 5.41) is 22.0. The Morgan fingerprint density at radius 1 is 1.39 bits per heavy atom. The molecule has 1 amide bonds. The van der Waals surface area contributed by atoms with Gasteiger partial charge in [0.25, 0.3) is 11.5 Å². The normalized spacial score (nSPS) is 24.1. The molecule has 0 saturated carbocycles. The standard InChI is InChI=1S/C29H36N8O6S/c1-28(2)21(14-37(28)41)35-25(38)23(19-15-44-27(31)34-19)36-43-29(3,26(39)40)22-7-5-17-12-18(4-6-20(17)42-22)24(30)33-11-9-16-8-10-32-13-16/h4-7,12,15-16,21-22,32H,8-11,13-14H2,1-3H3,(H5-,30,31,33,34,35,38,39,40)/p+1/b36-23-/t16-,21?,22-,29+/m1/s1. The van der Waals surface area contributed by atoms with Crippen molar-refractivity contribution in [3.63, 3.8) is 0 Å². The second-order valence-corrected chi connectivity index (χ2v) is 12.7. The molecule has 1 aromatic carbocycles. The highest BCUT2D eigenvalue weighted by Crippen LogP contribution is 2.33. The van der Waals surface area contributed by atoms with E-state index in [1.165, 1.54) is 12.3 Å². The third-order valence-corrected chi connectivity index (χ3v) is 9.09. The van der Waals surface area contributed by atoms with Crippen LogP contribution in [0.4, 0.5) is 5.13 Å². The van der Waals surface area contributed by atoms with E-state index in [2.05, 4.69) is 25.8 Å². The summed E-state index contributed by atoms with van der Waals surface area (Å²) in [4.78, 5) is 52.0. The van der Waals surface area contributed by atoms with Crippen LogP contribution in [0.2, 0.25) is 0 Å². The Bertz CT molecular complexity index is 1550. The number of carboxylic acids is 1. The van der Waals surface area contributed by atoms with Gasteiger partial charge >= 0.3 is 5.97 Å². The van der Waals surface area contributed by atoms with E-state index in [0.29, 0.717) is 29.6 Å². The number of nitrogens with one attached hydrogen (secondary N) is 2. The number of hydrogen-bond acceptors (Lipinski definition) is 11. The number of benzene rings is 1. The number of carbonyl (C=O) groups is 2. The Morgan fingerprint density at radius 3 is 2.82 bits per heavy atom. The SMILES string of the molecule is CC1(C)C(NC(=O)/C(=N\O[C@](C)(C(=O)O)[C@H]2C=Cc3cc(C(N)=NCC[C@H]4CCNC4)ccc3O2)c2csc(N)n2)C[N+]1=O. The number of amidine groups is 1. The highest BCUT2D eigenvalue weighted by Gasteiger charge is 2.57. The molecule has 0 bridgehead atoms. The summed E-state index contributed by atoms with van der Waals surface area (Å²) >= 11 is 1.08. The topological polar surface area (TPSA) is 207 Å². The summed E-state index contributed by atoms with van der Waals surface area (Å²) in [5.41, 5.74) is 10.4. The smallest absolute Gasteiger partial charge is 0.355 e. The minimum absolute atomic E-state index is 0.0937. The van der Waals surface area contributed by atoms with E-state index in [9.17, 15) is 19.6 Å².